The van der Waals surface area contributed by atoms with E-state index < -0.39 is 17.7 Å². The van der Waals surface area contributed by atoms with Crippen LogP contribution in [0.25, 0.3) is 16.8 Å². The zero-order valence-corrected chi connectivity index (χ0v) is 18.9. The molecule has 2 aliphatic rings. The van der Waals surface area contributed by atoms with Gasteiger partial charge in [-0.05, 0) is 53.5 Å². The molecule has 0 unspecified atom stereocenters. The van der Waals surface area contributed by atoms with Gasteiger partial charge in [-0.3, -0.25) is 0 Å². The van der Waals surface area contributed by atoms with Crippen LogP contribution in [0, 0.1) is 0 Å². The van der Waals surface area contributed by atoms with Gasteiger partial charge in [0, 0.05) is 22.9 Å². The van der Waals surface area contributed by atoms with Crippen LogP contribution in [0.15, 0.2) is 70.7 Å². The normalized spacial score (nSPS) is 17.3. The number of rotatable bonds is 4. The van der Waals surface area contributed by atoms with Crippen molar-refractivity contribution in [1.29, 1.82) is 0 Å². The Bertz CT molecular complexity index is 1200. The van der Waals surface area contributed by atoms with Crippen molar-refractivity contribution < 1.29 is 23.8 Å². The van der Waals surface area contributed by atoms with Gasteiger partial charge in [0.2, 0.25) is 0 Å². The molecule has 6 heteroatoms. The average Bonchev–Trinajstić information content (AvgIpc) is 3.23. The molecular weight excluding hydrogens is 472 g/mol. The quantitative estimate of drug-likeness (QED) is 0.256. The second-order valence-electron chi connectivity index (χ2n) is 8.07. The Hall–Kier alpha value is -3.12. The van der Waals surface area contributed by atoms with E-state index in [9.17, 15) is 9.59 Å². The standard InChI is InChI=1S/C26H21BrO5/c27-19-10-7-17(8-11-19)16-30-23-12-9-18-5-1-2-6-20(18)21(23)15-22-24(28)31-26(32-25(22)29)13-3-4-14-26/h1-2,5-12,15H,3-4,13-14,16H2. The summed E-state index contributed by atoms with van der Waals surface area (Å²) < 4.78 is 18.3. The van der Waals surface area contributed by atoms with E-state index in [1.165, 1.54) is 6.08 Å². The molecule has 1 saturated heterocycles. The first-order valence-corrected chi connectivity index (χ1v) is 11.4. The molecule has 3 aromatic carbocycles. The summed E-state index contributed by atoms with van der Waals surface area (Å²) in [5.74, 6) is -1.81. The molecule has 3 aromatic rings. The Morgan fingerprint density at radius 2 is 1.59 bits per heavy atom. The molecule has 5 rings (SSSR count). The van der Waals surface area contributed by atoms with E-state index in [1.807, 2.05) is 60.7 Å². The molecule has 1 aliphatic carbocycles. The number of hydrogen-bond acceptors (Lipinski definition) is 5. The van der Waals surface area contributed by atoms with Crippen LogP contribution >= 0.6 is 15.9 Å². The Morgan fingerprint density at radius 3 is 2.31 bits per heavy atom. The van der Waals surface area contributed by atoms with Gasteiger partial charge >= 0.3 is 11.9 Å². The summed E-state index contributed by atoms with van der Waals surface area (Å²) in [5.41, 5.74) is 1.53. The predicted molar refractivity (Wildman–Crippen MR) is 124 cm³/mol. The summed E-state index contributed by atoms with van der Waals surface area (Å²) in [4.78, 5) is 25.6. The van der Waals surface area contributed by atoms with Crippen molar-refractivity contribution in [3.8, 4) is 5.75 Å². The highest BCUT2D eigenvalue weighted by Gasteiger charge is 2.48. The van der Waals surface area contributed by atoms with Crippen LogP contribution in [0.1, 0.15) is 36.8 Å². The Balaban J connectivity index is 1.51. The van der Waals surface area contributed by atoms with E-state index in [4.69, 9.17) is 14.2 Å². The lowest BCUT2D eigenvalue weighted by molar-refractivity contribution is -0.232. The highest BCUT2D eigenvalue weighted by molar-refractivity contribution is 9.10. The van der Waals surface area contributed by atoms with E-state index in [1.54, 1.807) is 0 Å². The third kappa shape index (κ3) is 4.02. The lowest BCUT2D eigenvalue weighted by Gasteiger charge is -2.33. The lowest BCUT2D eigenvalue weighted by atomic mass is 10.0. The summed E-state index contributed by atoms with van der Waals surface area (Å²) in [7, 11) is 0. The second-order valence-corrected chi connectivity index (χ2v) is 8.98. The molecular formula is C26H21BrO5. The van der Waals surface area contributed by atoms with Gasteiger partial charge in [0.1, 0.15) is 17.9 Å². The van der Waals surface area contributed by atoms with Gasteiger partial charge in [-0.25, -0.2) is 9.59 Å². The van der Waals surface area contributed by atoms with Gasteiger partial charge in [0.25, 0.3) is 5.79 Å². The van der Waals surface area contributed by atoms with Crippen LogP contribution in [0.5, 0.6) is 5.75 Å². The smallest absolute Gasteiger partial charge is 0.348 e. The van der Waals surface area contributed by atoms with Crippen LogP contribution in [0.3, 0.4) is 0 Å². The molecule has 1 saturated carbocycles. The maximum absolute atomic E-state index is 12.8. The molecule has 0 bridgehead atoms. The van der Waals surface area contributed by atoms with Crippen molar-refractivity contribution in [3.63, 3.8) is 0 Å². The number of hydrogen-bond donors (Lipinski definition) is 0. The van der Waals surface area contributed by atoms with E-state index in [-0.39, 0.29) is 5.57 Å². The number of fused-ring (bicyclic) bond motifs is 1. The minimum Gasteiger partial charge on any atom is -0.488 e. The molecule has 1 aliphatic heterocycles. The molecule has 2 fully saturated rings. The molecule has 0 radical (unpaired) electrons. The third-order valence-electron chi connectivity index (χ3n) is 5.89. The fourth-order valence-electron chi connectivity index (χ4n) is 4.22. The summed E-state index contributed by atoms with van der Waals surface area (Å²) in [6.45, 7) is 0.347. The maximum Gasteiger partial charge on any atom is 0.348 e. The van der Waals surface area contributed by atoms with E-state index >= 15 is 0 Å². The highest BCUT2D eigenvalue weighted by atomic mass is 79.9. The predicted octanol–water partition coefficient (Wildman–Crippen LogP) is 5.94. The minimum atomic E-state index is -1.09. The van der Waals surface area contributed by atoms with E-state index in [2.05, 4.69) is 15.9 Å². The van der Waals surface area contributed by atoms with Crippen molar-refractivity contribution in [2.75, 3.05) is 0 Å². The van der Waals surface area contributed by atoms with Crippen LogP contribution < -0.4 is 4.74 Å². The lowest BCUT2D eigenvalue weighted by Crippen LogP contribution is -2.44. The summed E-state index contributed by atoms with van der Waals surface area (Å²) >= 11 is 3.43. The SMILES string of the molecule is O=C1OC2(CCCC2)OC(=O)C1=Cc1c(OCc2ccc(Br)cc2)ccc2ccccc12. The average molecular weight is 493 g/mol. The first-order chi connectivity index (χ1) is 15.5. The minimum absolute atomic E-state index is 0.118. The van der Waals surface area contributed by atoms with Crippen LogP contribution in [0.2, 0.25) is 0 Å². The van der Waals surface area contributed by atoms with Crippen LogP contribution in [-0.4, -0.2) is 17.7 Å². The fraction of sp³-hybridized carbons (Fsp3) is 0.231. The monoisotopic (exact) mass is 492 g/mol. The van der Waals surface area contributed by atoms with Gasteiger partial charge in [0.05, 0.1) is 0 Å². The van der Waals surface area contributed by atoms with Crippen molar-refractivity contribution in [3.05, 3.63) is 81.8 Å². The van der Waals surface area contributed by atoms with Gasteiger partial charge in [0.15, 0.2) is 0 Å². The summed E-state index contributed by atoms with van der Waals surface area (Å²) in [6, 6.07) is 19.4. The molecule has 0 aromatic heterocycles. The summed E-state index contributed by atoms with van der Waals surface area (Å²) in [5, 5.41) is 1.84. The van der Waals surface area contributed by atoms with Crippen LogP contribution in [-0.2, 0) is 25.7 Å². The van der Waals surface area contributed by atoms with Gasteiger partial charge < -0.3 is 14.2 Å². The van der Waals surface area contributed by atoms with E-state index in [0.717, 1.165) is 33.7 Å². The molecule has 5 nitrogen and oxygen atoms in total. The van der Waals surface area contributed by atoms with Crippen molar-refractivity contribution in [2.45, 2.75) is 38.1 Å². The highest BCUT2D eigenvalue weighted by Crippen LogP contribution is 2.39. The Morgan fingerprint density at radius 1 is 0.906 bits per heavy atom. The molecule has 1 spiro atoms. The van der Waals surface area contributed by atoms with Gasteiger partial charge in [-0.1, -0.05) is 58.4 Å². The number of halogens is 1. The fourth-order valence-corrected chi connectivity index (χ4v) is 4.49. The largest absolute Gasteiger partial charge is 0.488 e. The molecule has 0 amide bonds. The molecule has 0 N–H and O–H groups in total. The van der Waals surface area contributed by atoms with Crippen LogP contribution in [0.4, 0.5) is 0 Å². The zero-order chi connectivity index (χ0) is 22.1. The Labute approximate surface area is 194 Å². The number of ether oxygens (including phenoxy) is 3. The number of esters is 2. The zero-order valence-electron chi connectivity index (χ0n) is 17.3. The van der Waals surface area contributed by atoms with Crippen molar-refractivity contribution in [2.24, 2.45) is 0 Å². The number of benzene rings is 3. The molecule has 1 heterocycles. The van der Waals surface area contributed by atoms with Crippen molar-refractivity contribution in [1.82, 2.24) is 0 Å². The summed E-state index contributed by atoms with van der Waals surface area (Å²) in [6.07, 6.45) is 4.38. The van der Waals surface area contributed by atoms with E-state index in [0.29, 0.717) is 30.8 Å². The second kappa shape index (κ2) is 8.43. The first kappa shape index (κ1) is 20.8. The first-order valence-electron chi connectivity index (χ1n) is 10.6. The van der Waals surface area contributed by atoms with Gasteiger partial charge in [-0.2, -0.15) is 0 Å². The van der Waals surface area contributed by atoms with Crippen molar-refractivity contribution >= 4 is 44.7 Å². The number of carbonyl (C=O) groups excluding carboxylic acids is 2. The maximum atomic E-state index is 12.8. The molecule has 162 valence electrons. The number of carbonyl (C=O) groups is 2. The Kier molecular flexibility index (Phi) is 5.47. The third-order valence-corrected chi connectivity index (χ3v) is 6.42. The topological polar surface area (TPSA) is 61.8 Å². The molecule has 0 atom stereocenters. The van der Waals surface area contributed by atoms with Gasteiger partial charge in [-0.15, -0.1) is 0 Å². The molecule has 32 heavy (non-hydrogen) atoms.